The molecule has 3 aromatic carbocycles. The first-order chi connectivity index (χ1) is 16.9. The van der Waals surface area contributed by atoms with Gasteiger partial charge in [0.15, 0.2) is 6.61 Å². The van der Waals surface area contributed by atoms with Gasteiger partial charge in [0.25, 0.3) is 0 Å². The van der Waals surface area contributed by atoms with Gasteiger partial charge in [0.1, 0.15) is 29.1 Å². The van der Waals surface area contributed by atoms with E-state index in [0.29, 0.717) is 17.4 Å². The van der Waals surface area contributed by atoms with Crippen LogP contribution in [-0.2, 0) is 11.2 Å². The Morgan fingerprint density at radius 1 is 1.00 bits per heavy atom. The molecule has 0 saturated carbocycles. The number of hydrogen-bond acceptors (Lipinski definition) is 5. The first-order valence-corrected chi connectivity index (χ1v) is 11.7. The summed E-state index contributed by atoms with van der Waals surface area (Å²) < 4.78 is 17.6. The van der Waals surface area contributed by atoms with Crippen LogP contribution in [0, 0.1) is 6.92 Å². The van der Waals surface area contributed by atoms with Crippen molar-refractivity contribution in [2.45, 2.75) is 39.7 Å². The van der Waals surface area contributed by atoms with E-state index in [1.165, 1.54) is 0 Å². The van der Waals surface area contributed by atoms with Crippen molar-refractivity contribution in [1.29, 1.82) is 0 Å². The molecule has 0 aliphatic carbocycles. The largest absolute Gasteiger partial charge is 0.484 e. The third kappa shape index (κ3) is 5.90. The molecule has 6 nitrogen and oxygen atoms in total. The van der Waals surface area contributed by atoms with Gasteiger partial charge in [-0.3, -0.25) is 0 Å². The lowest BCUT2D eigenvalue weighted by Crippen LogP contribution is -2.10. The third-order valence-electron chi connectivity index (χ3n) is 5.67. The summed E-state index contributed by atoms with van der Waals surface area (Å²) in [5.74, 6) is 1.48. The van der Waals surface area contributed by atoms with Gasteiger partial charge in [-0.2, -0.15) is 0 Å². The van der Waals surface area contributed by atoms with Crippen LogP contribution in [0.5, 0.6) is 11.5 Å². The fourth-order valence-corrected chi connectivity index (χ4v) is 3.96. The Hall–Kier alpha value is -4.06. The second-order valence-electron chi connectivity index (χ2n) is 8.37. The number of aromatic nitrogens is 1. The van der Waals surface area contributed by atoms with Crippen molar-refractivity contribution in [2.75, 3.05) is 6.61 Å². The molecule has 4 rings (SSSR count). The Balaban J connectivity index is 1.51. The van der Waals surface area contributed by atoms with Crippen LogP contribution in [0.1, 0.15) is 43.4 Å². The number of carboxylic acid groups (broad SMARTS) is 1. The lowest BCUT2D eigenvalue weighted by Gasteiger charge is -2.17. The first-order valence-electron chi connectivity index (χ1n) is 11.7. The lowest BCUT2D eigenvalue weighted by atomic mass is 10.0. The first kappa shape index (κ1) is 24.1. The lowest BCUT2D eigenvalue weighted by molar-refractivity contribution is -0.139. The van der Waals surface area contributed by atoms with Gasteiger partial charge in [0.05, 0.1) is 0 Å². The van der Waals surface area contributed by atoms with Crippen molar-refractivity contribution in [2.24, 2.45) is 0 Å². The van der Waals surface area contributed by atoms with Crippen LogP contribution < -0.4 is 9.47 Å². The molecule has 1 unspecified atom stereocenters. The standard InChI is InChI=1S/C29H29NO5/c1-4-8-24-17-25(33-18-27(31)32)15-16-26(24)34-19(2)28-20(3)35-29(30-28)23-13-11-22(12-14-23)21-9-6-5-7-10-21/h5-7,9-17,19H,4,8,18H2,1-3H3,(H,31,32). The summed E-state index contributed by atoms with van der Waals surface area (Å²) in [6.45, 7) is 5.53. The van der Waals surface area contributed by atoms with Gasteiger partial charge in [-0.1, -0.05) is 55.8 Å². The second-order valence-corrected chi connectivity index (χ2v) is 8.37. The Kier molecular flexibility index (Phi) is 7.51. The summed E-state index contributed by atoms with van der Waals surface area (Å²) in [5, 5.41) is 8.86. The average Bonchev–Trinajstić information content (AvgIpc) is 3.26. The fourth-order valence-electron chi connectivity index (χ4n) is 3.96. The molecule has 0 amide bonds. The van der Waals surface area contributed by atoms with Crippen LogP contribution in [-0.4, -0.2) is 22.7 Å². The smallest absolute Gasteiger partial charge is 0.341 e. The van der Waals surface area contributed by atoms with E-state index in [0.717, 1.165) is 46.5 Å². The molecular formula is C29H29NO5. The van der Waals surface area contributed by atoms with Crippen LogP contribution in [0.25, 0.3) is 22.6 Å². The van der Waals surface area contributed by atoms with E-state index in [2.05, 4.69) is 31.2 Å². The Labute approximate surface area is 205 Å². The monoisotopic (exact) mass is 471 g/mol. The molecule has 0 aliphatic rings. The molecule has 6 heteroatoms. The van der Waals surface area contributed by atoms with Crippen molar-refractivity contribution in [1.82, 2.24) is 4.98 Å². The van der Waals surface area contributed by atoms with Crippen LogP contribution in [0.2, 0.25) is 0 Å². The highest BCUT2D eigenvalue weighted by atomic mass is 16.5. The number of ether oxygens (including phenoxy) is 2. The molecule has 0 fully saturated rings. The zero-order chi connectivity index (χ0) is 24.8. The summed E-state index contributed by atoms with van der Waals surface area (Å²) in [4.78, 5) is 15.5. The Bertz CT molecular complexity index is 1280. The molecule has 180 valence electrons. The summed E-state index contributed by atoms with van der Waals surface area (Å²) in [7, 11) is 0. The molecule has 0 spiro atoms. The van der Waals surface area contributed by atoms with Gasteiger partial charge in [-0.15, -0.1) is 0 Å². The van der Waals surface area contributed by atoms with Gasteiger partial charge >= 0.3 is 5.97 Å². The van der Waals surface area contributed by atoms with Crippen LogP contribution in [0.15, 0.2) is 77.2 Å². The maximum Gasteiger partial charge on any atom is 0.341 e. The van der Waals surface area contributed by atoms with Crippen LogP contribution >= 0.6 is 0 Å². The number of aliphatic carboxylic acids is 1. The molecule has 0 saturated heterocycles. The van der Waals surface area contributed by atoms with Crippen molar-refractivity contribution >= 4 is 5.97 Å². The topological polar surface area (TPSA) is 81.8 Å². The van der Waals surface area contributed by atoms with E-state index in [9.17, 15) is 4.79 Å². The number of benzene rings is 3. The van der Waals surface area contributed by atoms with E-state index in [1.54, 1.807) is 6.07 Å². The van der Waals surface area contributed by atoms with Crippen molar-refractivity contribution < 1.29 is 23.8 Å². The van der Waals surface area contributed by atoms with Gasteiger partial charge in [0, 0.05) is 5.56 Å². The molecule has 4 aromatic rings. The maximum absolute atomic E-state index is 10.8. The summed E-state index contributed by atoms with van der Waals surface area (Å²) in [6, 6.07) is 23.7. The number of nitrogens with zero attached hydrogens (tertiary/aromatic N) is 1. The second kappa shape index (κ2) is 10.9. The number of rotatable bonds is 10. The SMILES string of the molecule is CCCc1cc(OCC(=O)O)ccc1OC(C)c1nc(-c2ccc(-c3ccccc3)cc2)oc1C. The van der Waals surface area contributed by atoms with E-state index in [1.807, 2.05) is 56.3 Å². The van der Waals surface area contributed by atoms with Gasteiger partial charge in [0.2, 0.25) is 5.89 Å². The minimum Gasteiger partial charge on any atom is -0.484 e. The predicted octanol–water partition coefficient (Wildman–Crippen LogP) is 6.87. The number of carbonyl (C=O) groups is 1. The summed E-state index contributed by atoms with van der Waals surface area (Å²) in [5.41, 5.74) is 4.89. The molecule has 0 aliphatic heterocycles. The van der Waals surface area contributed by atoms with Gasteiger partial charge < -0.3 is 19.0 Å². The van der Waals surface area contributed by atoms with Gasteiger partial charge in [-0.25, -0.2) is 9.78 Å². The number of oxazole rings is 1. The van der Waals surface area contributed by atoms with Gasteiger partial charge in [-0.05, 0) is 67.3 Å². The fraction of sp³-hybridized carbons (Fsp3) is 0.241. The summed E-state index contributed by atoms with van der Waals surface area (Å²) >= 11 is 0. The molecule has 35 heavy (non-hydrogen) atoms. The van der Waals surface area contributed by atoms with Crippen molar-refractivity contribution in [3.05, 3.63) is 89.8 Å². The number of carboxylic acids is 1. The predicted molar refractivity (Wildman–Crippen MR) is 135 cm³/mol. The highest BCUT2D eigenvalue weighted by molar-refractivity contribution is 5.68. The normalized spacial score (nSPS) is 11.7. The molecule has 0 bridgehead atoms. The Morgan fingerprint density at radius 3 is 2.37 bits per heavy atom. The number of hydrogen-bond donors (Lipinski definition) is 1. The zero-order valence-electron chi connectivity index (χ0n) is 20.2. The van der Waals surface area contributed by atoms with Crippen LogP contribution in [0.3, 0.4) is 0 Å². The average molecular weight is 472 g/mol. The van der Waals surface area contributed by atoms with Crippen molar-refractivity contribution in [3.63, 3.8) is 0 Å². The minimum atomic E-state index is -1.01. The molecule has 1 heterocycles. The highest BCUT2D eigenvalue weighted by Crippen LogP contribution is 2.32. The molecule has 1 N–H and O–H groups in total. The van der Waals surface area contributed by atoms with E-state index < -0.39 is 5.97 Å². The molecule has 1 atom stereocenters. The maximum atomic E-state index is 10.8. The summed E-state index contributed by atoms with van der Waals surface area (Å²) in [6.07, 6.45) is 1.36. The van der Waals surface area contributed by atoms with Crippen molar-refractivity contribution in [3.8, 4) is 34.1 Å². The molecule has 0 radical (unpaired) electrons. The third-order valence-corrected chi connectivity index (χ3v) is 5.67. The quantitative estimate of drug-likeness (QED) is 0.272. The molecule has 1 aromatic heterocycles. The molecular weight excluding hydrogens is 442 g/mol. The van der Waals surface area contributed by atoms with Crippen LogP contribution in [0.4, 0.5) is 0 Å². The van der Waals surface area contributed by atoms with E-state index in [4.69, 9.17) is 24.0 Å². The highest BCUT2D eigenvalue weighted by Gasteiger charge is 2.20. The minimum absolute atomic E-state index is 0.336. The van der Waals surface area contributed by atoms with E-state index in [-0.39, 0.29) is 12.7 Å². The van der Waals surface area contributed by atoms with E-state index >= 15 is 0 Å². The number of aryl methyl sites for hydroxylation is 2. The zero-order valence-corrected chi connectivity index (χ0v) is 20.2. The Morgan fingerprint density at radius 2 is 1.69 bits per heavy atom.